The first-order valence-electron chi connectivity index (χ1n) is 8.72. The van der Waals surface area contributed by atoms with E-state index in [9.17, 15) is 4.79 Å². The van der Waals surface area contributed by atoms with Crippen molar-refractivity contribution in [3.05, 3.63) is 29.8 Å². The van der Waals surface area contributed by atoms with Gasteiger partial charge in [-0.2, -0.15) is 0 Å². The summed E-state index contributed by atoms with van der Waals surface area (Å²) in [6.45, 7) is 4.15. The van der Waals surface area contributed by atoms with E-state index in [1.807, 2.05) is 31.2 Å². The number of amides is 1. The van der Waals surface area contributed by atoms with Crippen LogP contribution in [0.4, 0.5) is 5.69 Å². The first-order valence-corrected chi connectivity index (χ1v) is 10.3. The van der Waals surface area contributed by atoms with E-state index in [-0.39, 0.29) is 11.0 Å². The molecule has 1 aromatic carbocycles. The third kappa shape index (κ3) is 9.81. The standard InChI is InChI=1S/C18H26Cl3N3OS/c1-3-4-5-6-7-8-15(25)23-16(18(19,20)21)24-17(26)22-14-11-9-13(2)10-12-14/h9-12,16H,3-8H2,1-2H3,(H,23,25)(H2,22,24,26)/t16-/m0/s1. The molecule has 0 heterocycles. The molecule has 8 heteroatoms. The van der Waals surface area contributed by atoms with E-state index in [0.717, 1.165) is 36.9 Å². The number of nitrogens with one attached hydrogen (secondary N) is 3. The van der Waals surface area contributed by atoms with E-state index in [1.54, 1.807) is 0 Å². The van der Waals surface area contributed by atoms with E-state index in [1.165, 1.54) is 6.42 Å². The number of benzene rings is 1. The molecule has 0 aliphatic heterocycles. The van der Waals surface area contributed by atoms with Crippen LogP contribution in [0.15, 0.2) is 24.3 Å². The number of halogens is 3. The Morgan fingerprint density at radius 2 is 1.69 bits per heavy atom. The van der Waals surface area contributed by atoms with E-state index in [4.69, 9.17) is 47.0 Å². The molecule has 0 unspecified atom stereocenters. The van der Waals surface area contributed by atoms with Crippen molar-refractivity contribution in [1.29, 1.82) is 0 Å². The Morgan fingerprint density at radius 3 is 2.27 bits per heavy atom. The number of hydrogen-bond donors (Lipinski definition) is 3. The predicted molar refractivity (Wildman–Crippen MR) is 116 cm³/mol. The van der Waals surface area contributed by atoms with Gasteiger partial charge in [-0.05, 0) is 37.7 Å². The van der Waals surface area contributed by atoms with Crippen LogP contribution in [0.5, 0.6) is 0 Å². The van der Waals surface area contributed by atoms with Crippen LogP contribution in [0.25, 0.3) is 0 Å². The lowest BCUT2D eigenvalue weighted by Crippen LogP contribution is -2.56. The second-order valence-corrected chi connectivity index (χ2v) is 8.95. The molecule has 26 heavy (non-hydrogen) atoms. The molecule has 1 rings (SSSR count). The maximum absolute atomic E-state index is 12.1. The monoisotopic (exact) mass is 437 g/mol. The van der Waals surface area contributed by atoms with E-state index >= 15 is 0 Å². The van der Waals surface area contributed by atoms with Crippen molar-refractivity contribution in [3.8, 4) is 0 Å². The molecule has 146 valence electrons. The Bertz CT molecular complexity index is 576. The van der Waals surface area contributed by atoms with Crippen LogP contribution < -0.4 is 16.0 Å². The Labute approximate surface area is 176 Å². The largest absolute Gasteiger partial charge is 0.339 e. The van der Waals surface area contributed by atoms with Crippen LogP contribution in [0, 0.1) is 6.92 Å². The van der Waals surface area contributed by atoms with Gasteiger partial charge in [-0.3, -0.25) is 4.79 Å². The summed E-state index contributed by atoms with van der Waals surface area (Å²) in [7, 11) is 0. The van der Waals surface area contributed by atoms with Gasteiger partial charge in [0.15, 0.2) is 5.11 Å². The van der Waals surface area contributed by atoms with Crippen molar-refractivity contribution < 1.29 is 4.79 Å². The van der Waals surface area contributed by atoms with Crippen LogP contribution in [-0.2, 0) is 4.79 Å². The van der Waals surface area contributed by atoms with Gasteiger partial charge in [0, 0.05) is 12.1 Å². The van der Waals surface area contributed by atoms with Crippen molar-refractivity contribution in [2.75, 3.05) is 5.32 Å². The first kappa shape index (κ1) is 23.3. The highest BCUT2D eigenvalue weighted by Crippen LogP contribution is 2.29. The number of unbranched alkanes of at least 4 members (excludes halogenated alkanes) is 4. The second-order valence-electron chi connectivity index (χ2n) is 6.17. The average molecular weight is 439 g/mol. The van der Waals surface area contributed by atoms with Gasteiger partial charge in [0.05, 0.1) is 0 Å². The maximum Gasteiger partial charge on any atom is 0.228 e. The minimum absolute atomic E-state index is 0.177. The maximum atomic E-state index is 12.1. The summed E-state index contributed by atoms with van der Waals surface area (Å²) in [4.78, 5) is 12.1. The molecular formula is C18H26Cl3N3OS. The number of hydrogen-bond acceptors (Lipinski definition) is 2. The number of rotatable bonds is 9. The Kier molecular flexibility index (Phi) is 10.6. The normalized spacial score (nSPS) is 12.3. The summed E-state index contributed by atoms with van der Waals surface area (Å²) in [5, 5.41) is 8.82. The molecule has 1 atom stereocenters. The molecule has 0 bridgehead atoms. The molecule has 0 aliphatic carbocycles. The van der Waals surface area contributed by atoms with Gasteiger partial charge >= 0.3 is 0 Å². The van der Waals surface area contributed by atoms with Crippen molar-refractivity contribution in [1.82, 2.24) is 10.6 Å². The fourth-order valence-electron chi connectivity index (χ4n) is 2.26. The van der Waals surface area contributed by atoms with E-state index in [2.05, 4.69) is 22.9 Å². The quantitative estimate of drug-likeness (QED) is 0.207. The topological polar surface area (TPSA) is 53.2 Å². The Morgan fingerprint density at radius 1 is 1.08 bits per heavy atom. The summed E-state index contributed by atoms with van der Waals surface area (Å²) in [5.74, 6) is -0.177. The van der Waals surface area contributed by atoms with Crippen molar-refractivity contribution in [3.63, 3.8) is 0 Å². The Hall–Kier alpha value is -0.750. The zero-order valence-corrected chi connectivity index (χ0v) is 18.2. The summed E-state index contributed by atoms with van der Waals surface area (Å²) in [6.07, 6.45) is 4.75. The van der Waals surface area contributed by atoms with Gasteiger partial charge in [0.1, 0.15) is 6.17 Å². The highest BCUT2D eigenvalue weighted by molar-refractivity contribution is 7.80. The van der Waals surface area contributed by atoms with Gasteiger partial charge < -0.3 is 16.0 Å². The van der Waals surface area contributed by atoms with Crippen LogP contribution in [0.1, 0.15) is 51.0 Å². The summed E-state index contributed by atoms with van der Waals surface area (Å²) in [6, 6.07) is 7.69. The molecule has 0 fully saturated rings. The van der Waals surface area contributed by atoms with Crippen LogP contribution in [0.3, 0.4) is 0 Å². The van der Waals surface area contributed by atoms with E-state index in [0.29, 0.717) is 6.42 Å². The molecular weight excluding hydrogens is 413 g/mol. The third-order valence-electron chi connectivity index (χ3n) is 3.72. The number of aryl methyl sites for hydroxylation is 1. The van der Waals surface area contributed by atoms with Gasteiger partial charge in [-0.1, -0.05) is 85.1 Å². The van der Waals surface area contributed by atoms with Gasteiger partial charge in [-0.15, -0.1) is 0 Å². The lowest BCUT2D eigenvalue weighted by molar-refractivity contribution is -0.122. The van der Waals surface area contributed by atoms with Crippen molar-refractivity contribution in [2.24, 2.45) is 0 Å². The summed E-state index contributed by atoms with van der Waals surface area (Å²) >= 11 is 23.2. The molecule has 1 amide bonds. The molecule has 0 saturated heterocycles. The van der Waals surface area contributed by atoms with Gasteiger partial charge in [0.25, 0.3) is 0 Å². The number of anilines is 1. The van der Waals surface area contributed by atoms with Gasteiger partial charge in [0.2, 0.25) is 9.70 Å². The molecule has 0 aromatic heterocycles. The first-order chi connectivity index (χ1) is 12.2. The fraction of sp³-hybridized carbons (Fsp3) is 0.556. The molecule has 0 saturated carbocycles. The zero-order chi connectivity index (χ0) is 19.6. The van der Waals surface area contributed by atoms with Crippen LogP contribution in [0.2, 0.25) is 0 Å². The van der Waals surface area contributed by atoms with E-state index < -0.39 is 9.96 Å². The number of carbonyl (C=O) groups excluding carboxylic acids is 1. The highest BCUT2D eigenvalue weighted by atomic mass is 35.6. The fourth-order valence-corrected chi connectivity index (χ4v) is 2.82. The van der Waals surface area contributed by atoms with Gasteiger partial charge in [-0.25, -0.2) is 0 Å². The molecule has 0 radical (unpaired) electrons. The van der Waals surface area contributed by atoms with Crippen molar-refractivity contribution >= 4 is 63.7 Å². The average Bonchev–Trinajstić information content (AvgIpc) is 2.55. The van der Waals surface area contributed by atoms with Crippen molar-refractivity contribution in [2.45, 2.75) is 62.3 Å². The highest BCUT2D eigenvalue weighted by Gasteiger charge is 2.34. The minimum Gasteiger partial charge on any atom is -0.339 e. The smallest absolute Gasteiger partial charge is 0.228 e. The lowest BCUT2D eigenvalue weighted by Gasteiger charge is -2.27. The number of carbonyl (C=O) groups is 1. The molecule has 0 aliphatic rings. The predicted octanol–water partition coefficient (Wildman–Crippen LogP) is 5.45. The summed E-state index contributed by atoms with van der Waals surface area (Å²) in [5.41, 5.74) is 1.94. The molecule has 3 N–H and O–H groups in total. The molecule has 4 nitrogen and oxygen atoms in total. The molecule has 1 aromatic rings. The lowest BCUT2D eigenvalue weighted by atomic mass is 10.1. The second kappa shape index (κ2) is 11.9. The number of alkyl halides is 3. The molecule has 0 spiro atoms. The SMILES string of the molecule is CCCCCCCC(=O)N[C@@H](NC(=S)Nc1ccc(C)cc1)C(Cl)(Cl)Cl. The van der Waals surface area contributed by atoms with Crippen LogP contribution in [-0.4, -0.2) is 21.0 Å². The summed E-state index contributed by atoms with van der Waals surface area (Å²) < 4.78 is -1.74. The Balaban J connectivity index is 2.51. The number of thiocarbonyl (C=S) groups is 1. The zero-order valence-electron chi connectivity index (χ0n) is 15.1. The minimum atomic E-state index is -1.74. The van der Waals surface area contributed by atoms with Crippen LogP contribution >= 0.6 is 47.0 Å². The third-order valence-corrected chi connectivity index (χ3v) is 4.60.